The predicted octanol–water partition coefficient (Wildman–Crippen LogP) is 8.31. The number of hydrogen-bond donors (Lipinski definition) is 1. The number of carboxylic acid groups (broad SMARTS) is 1. The lowest BCUT2D eigenvalue weighted by atomic mass is 9.92. The molecule has 0 aliphatic carbocycles. The van der Waals surface area contributed by atoms with Gasteiger partial charge in [-0.05, 0) is 92.4 Å². The molecule has 394 valence electrons. The molecule has 3 fully saturated rings. The summed E-state index contributed by atoms with van der Waals surface area (Å²) < 4.78 is 73.9. The van der Waals surface area contributed by atoms with Gasteiger partial charge in [0.05, 0.1) is 48.5 Å². The molecule has 11 rings (SSSR count). The molecule has 4 bridgehead atoms. The van der Waals surface area contributed by atoms with E-state index in [1.165, 1.54) is 29.8 Å². The molecule has 0 amide bonds. The summed E-state index contributed by atoms with van der Waals surface area (Å²) in [4.78, 5) is 37.2. The number of alkyl halides is 1. The molecule has 6 aliphatic heterocycles. The van der Waals surface area contributed by atoms with E-state index in [4.69, 9.17) is 61.4 Å². The molecule has 1 unspecified atom stereocenters. The van der Waals surface area contributed by atoms with Crippen molar-refractivity contribution in [2.75, 3.05) is 99.2 Å². The van der Waals surface area contributed by atoms with Crippen LogP contribution in [-0.2, 0) is 25.4 Å². The van der Waals surface area contributed by atoms with Crippen LogP contribution in [0.3, 0.4) is 0 Å². The maximum atomic E-state index is 16.0. The number of thiophene rings is 1. The van der Waals surface area contributed by atoms with Gasteiger partial charge in [-0.25, -0.2) is 23.5 Å². The number of likely N-dealkylation sites (N-methyl/N-ethyl adjacent to an activating group) is 1. The Morgan fingerprint density at radius 1 is 0.946 bits per heavy atom. The number of nitrogens with zero attached hydrogens (tertiary/aromatic N) is 7. The van der Waals surface area contributed by atoms with Crippen LogP contribution in [0.5, 0.6) is 23.1 Å². The molecule has 3 saturated heterocycles. The van der Waals surface area contributed by atoms with E-state index in [9.17, 15) is 14.3 Å². The highest BCUT2D eigenvalue weighted by Crippen LogP contribution is 2.53. The van der Waals surface area contributed by atoms with Gasteiger partial charge in [-0.1, -0.05) is 35.3 Å². The minimum absolute atomic E-state index is 0.0113. The molecular weight excluding hydrogens is 1020 g/mol. The number of piperidine rings is 1. The first-order valence-corrected chi connectivity index (χ1v) is 26.4. The van der Waals surface area contributed by atoms with Crippen LogP contribution in [0, 0.1) is 19.7 Å². The summed E-state index contributed by atoms with van der Waals surface area (Å²) >= 11 is 16.0. The molecule has 0 spiro atoms. The van der Waals surface area contributed by atoms with Gasteiger partial charge in [0.2, 0.25) is 12.0 Å². The Kier molecular flexibility index (Phi) is 16.2. The van der Waals surface area contributed by atoms with Gasteiger partial charge >= 0.3 is 5.97 Å². The van der Waals surface area contributed by atoms with Crippen molar-refractivity contribution in [1.82, 2.24) is 29.6 Å². The van der Waals surface area contributed by atoms with Crippen molar-refractivity contribution in [3.63, 3.8) is 0 Å². The Hall–Kier alpha value is -5.22. The normalized spacial score (nSPS) is 22.8. The third-order valence-corrected chi connectivity index (χ3v) is 16.2. The molecular formula is C53H59Cl2F2N7O9S. The second-order valence-electron chi connectivity index (χ2n) is 19.4. The van der Waals surface area contributed by atoms with Gasteiger partial charge in [-0.2, -0.15) is 0 Å². The Morgan fingerprint density at radius 3 is 2.45 bits per heavy atom. The molecule has 5 aromatic rings. The molecule has 2 aromatic heterocycles. The van der Waals surface area contributed by atoms with Crippen LogP contribution in [0.25, 0.3) is 31.8 Å². The first kappa shape index (κ1) is 52.2. The quantitative estimate of drug-likeness (QED) is 0.127. The maximum Gasteiger partial charge on any atom is 0.345 e. The zero-order valence-corrected chi connectivity index (χ0v) is 43.8. The average Bonchev–Trinajstić information content (AvgIpc) is 3.79. The number of fused-ring (bicyclic) bond motifs is 7. The lowest BCUT2D eigenvalue weighted by Gasteiger charge is -2.42. The number of piperazine rings is 1. The van der Waals surface area contributed by atoms with E-state index in [0.717, 1.165) is 26.2 Å². The Morgan fingerprint density at radius 2 is 1.72 bits per heavy atom. The second kappa shape index (κ2) is 22.9. The van der Waals surface area contributed by atoms with Crippen molar-refractivity contribution in [1.29, 1.82) is 0 Å². The second-order valence-corrected chi connectivity index (χ2v) is 21.1. The van der Waals surface area contributed by atoms with Gasteiger partial charge < -0.3 is 48.1 Å². The fourth-order valence-electron chi connectivity index (χ4n) is 10.0. The van der Waals surface area contributed by atoms with E-state index < -0.39 is 36.0 Å². The summed E-state index contributed by atoms with van der Waals surface area (Å²) in [6, 6.07) is 11.4. The van der Waals surface area contributed by atoms with Crippen molar-refractivity contribution in [3.05, 3.63) is 93.6 Å². The number of allylic oxidation sites excluding steroid dienone is 1. The molecule has 16 nitrogen and oxygen atoms in total. The van der Waals surface area contributed by atoms with Crippen LogP contribution in [-0.4, -0.2) is 176 Å². The molecule has 8 heterocycles. The summed E-state index contributed by atoms with van der Waals surface area (Å²) in [6.07, 6.45) is 4.31. The highest BCUT2D eigenvalue weighted by Gasteiger charge is 2.39. The van der Waals surface area contributed by atoms with E-state index in [1.807, 2.05) is 24.9 Å². The molecule has 6 aliphatic rings. The number of rotatable bonds is 12. The summed E-state index contributed by atoms with van der Waals surface area (Å²) in [5, 5.41) is 12.0. The fraction of sp³-hybridized carbons (Fsp3) is 0.472. The van der Waals surface area contributed by atoms with Crippen LogP contribution < -0.4 is 18.9 Å². The van der Waals surface area contributed by atoms with E-state index in [2.05, 4.69) is 31.7 Å². The number of carbonyl (C=O) groups is 1. The van der Waals surface area contributed by atoms with Crippen molar-refractivity contribution < 1.29 is 51.8 Å². The highest BCUT2D eigenvalue weighted by molar-refractivity contribution is 7.22. The third-order valence-electron chi connectivity index (χ3n) is 14.2. The van der Waals surface area contributed by atoms with E-state index >= 15 is 4.39 Å². The molecule has 4 atom stereocenters. The minimum atomic E-state index is -1.50. The number of aliphatic carboxylic acids is 1. The predicted molar refractivity (Wildman–Crippen MR) is 279 cm³/mol. The van der Waals surface area contributed by atoms with Gasteiger partial charge in [-0.3, -0.25) is 14.8 Å². The zero-order valence-electron chi connectivity index (χ0n) is 41.4. The lowest BCUT2D eigenvalue weighted by molar-refractivity contribution is -0.145. The zero-order chi connectivity index (χ0) is 51.5. The summed E-state index contributed by atoms with van der Waals surface area (Å²) in [7, 11) is 2.10. The number of likely N-dealkylation sites (tertiary alicyclic amines) is 1. The summed E-state index contributed by atoms with van der Waals surface area (Å²) in [5.74, 6) is -0.525. The molecule has 0 saturated carbocycles. The van der Waals surface area contributed by atoms with Crippen LogP contribution in [0.1, 0.15) is 29.5 Å². The topological polar surface area (TPSA) is 153 Å². The number of aromatic nitrogens is 2. The van der Waals surface area contributed by atoms with Crippen molar-refractivity contribution in [2.45, 2.75) is 63.4 Å². The van der Waals surface area contributed by atoms with E-state index in [0.29, 0.717) is 105 Å². The summed E-state index contributed by atoms with van der Waals surface area (Å²) in [6.45, 7) is 10.4. The van der Waals surface area contributed by atoms with Crippen LogP contribution in [0.15, 0.2) is 66.1 Å². The standard InChI is InChI=1S/C53H59Cl2F2N7O9S/c1-32-42-33(2)46(55)47(45(32)54)72-38(25-62-19-17-61(3)18-20-62)28-70-37-9-10-40(71-31-64-14-4-13-58-52(64)63-15-11-53(57,12-16-63)29-68-27-39-26-67-21-22-69-39)35(23-37)24-41(51(65)66)73-49-44-43(42)48(74-50(44)60-30-59-49)34-5-7-36(56)8-6-34/h4-10,13-14,23,30,38-39,41,52H,11-12,15-22,24-29,31H2,1-3H3,(H,65,66)/t38-,39+,41-,52?/m1/s1. The SMILES string of the molecule is Cc1c(Cl)c2c(Cl)c(C)c1-c1c(-c3ccc(F)cc3)sc3ncnc(c13)O[C@@H](C(=O)O)Cc1cc(ccc1OCN1C=CC=NC1N1CCC(F)(COC[C@@H]3COCCO3)CC1)OC[C@@H](CN1CCN(C)CC1)O2. The number of ether oxygens (including phenoxy) is 7. The first-order chi connectivity index (χ1) is 35.8. The van der Waals surface area contributed by atoms with Crippen molar-refractivity contribution >= 4 is 56.9 Å². The number of hydrogen-bond acceptors (Lipinski definition) is 16. The van der Waals surface area contributed by atoms with Gasteiger partial charge in [0.25, 0.3) is 0 Å². The molecule has 3 aromatic carbocycles. The van der Waals surface area contributed by atoms with Crippen LogP contribution in [0.2, 0.25) is 10.0 Å². The minimum Gasteiger partial charge on any atom is -0.490 e. The fourth-order valence-corrected chi connectivity index (χ4v) is 11.7. The smallest absolute Gasteiger partial charge is 0.345 e. The van der Waals surface area contributed by atoms with Gasteiger partial charge in [-0.15, -0.1) is 11.3 Å². The lowest BCUT2D eigenvalue weighted by Crippen LogP contribution is -2.53. The Bertz CT molecular complexity index is 2850. The molecule has 21 heteroatoms. The largest absolute Gasteiger partial charge is 0.490 e. The van der Waals surface area contributed by atoms with Crippen molar-refractivity contribution in [3.8, 4) is 44.7 Å². The number of aliphatic imine (C=N–C) groups is 1. The monoisotopic (exact) mass is 1080 g/mol. The van der Waals surface area contributed by atoms with Gasteiger partial charge in [0.1, 0.15) is 53.0 Å². The summed E-state index contributed by atoms with van der Waals surface area (Å²) in [5.41, 5.74) is 2.20. The number of benzene rings is 3. The average molecular weight is 1080 g/mol. The Labute approximate surface area is 442 Å². The van der Waals surface area contributed by atoms with Crippen LogP contribution in [0.4, 0.5) is 8.78 Å². The molecule has 74 heavy (non-hydrogen) atoms. The van der Waals surface area contributed by atoms with Crippen molar-refractivity contribution in [2.24, 2.45) is 4.99 Å². The number of carboxylic acids is 1. The highest BCUT2D eigenvalue weighted by atomic mass is 35.5. The Balaban J connectivity index is 0.973. The van der Waals surface area contributed by atoms with Gasteiger partial charge in [0, 0.05) is 80.7 Å². The first-order valence-electron chi connectivity index (χ1n) is 24.8. The van der Waals surface area contributed by atoms with Gasteiger partial charge in [0.15, 0.2) is 18.8 Å². The number of halogens is 4. The third kappa shape index (κ3) is 11.6. The van der Waals surface area contributed by atoms with Crippen LogP contribution >= 0.6 is 34.5 Å². The van der Waals surface area contributed by atoms with E-state index in [1.54, 1.807) is 42.6 Å². The molecule has 0 radical (unpaired) electrons. The maximum absolute atomic E-state index is 16.0. The molecule has 1 N–H and O–H groups in total. The van der Waals surface area contributed by atoms with E-state index in [-0.39, 0.29) is 67.8 Å².